The second kappa shape index (κ2) is 7.54. The second-order valence-electron chi connectivity index (χ2n) is 5.01. The zero-order valence-corrected chi connectivity index (χ0v) is 13.5. The minimum Gasteiger partial charge on any atom is -0.497 e. The number of nitrogens with two attached hydrogens (primary N) is 1. The Hall–Kier alpha value is -2.69. The normalized spacial score (nSPS) is 11.6. The Labute approximate surface area is 136 Å². The van der Waals surface area contributed by atoms with Crippen LogP contribution in [0.3, 0.4) is 0 Å². The number of nitrogen functional groups attached to an aromatic ring is 1. The third-order valence-corrected chi connectivity index (χ3v) is 3.49. The number of ketones is 1. The van der Waals surface area contributed by atoms with Crippen molar-refractivity contribution in [3.05, 3.63) is 48.0 Å². The fourth-order valence-electron chi connectivity index (χ4n) is 2.21. The molecular formula is C18H21NO4. The SMILES string of the molecule is CCC(Oc1ccc(N)cc1)C(=O)c1cc(OC)ccc1OC. The van der Waals surface area contributed by atoms with E-state index in [-0.39, 0.29) is 5.78 Å². The zero-order chi connectivity index (χ0) is 16.8. The van der Waals surface area contributed by atoms with Crippen molar-refractivity contribution in [1.29, 1.82) is 0 Å². The fourth-order valence-corrected chi connectivity index (χ4v) is 2.21. The highest BCUT2D eigenvalue weighted by Crippen LogP contribution is 2.27. The van der Waals surface area contributed by atoms with E-state index in [4.69, 9.17) is 19.9 Å². The van der Waals surface area contributed by atoms with Gasteiger partial charge in [-0.2, -0.15) is 0 Å². The van der Waals surface area contributed by atoms with Gasteiger partial charge >= 0.3 is 0 Å². The van der Waals surface area contributed by atoms with Crippen molar-refractivity contribution in [1.82, 2.24) is 0 Å². The molecule has 0 spiro atoms. The summed E-state index contributed by atoms with van der Waals surface area (Å²) >= 11 is 0. The van der Waals surface area contributed by atoms with Gasteiger partial charge in [-0.3, -0.25) is 4.79 Å². The average Bonchev–Trinajstić information content (AvgIpc) is 2.60. The molecule has 0 saturated carbocycles. The molecular weight excluding hydrogens is 294 g/mol. The Morgan fingerprint density at radius 1 is 1.04 bits per heavy atom. The van der Waals surface area contributed by atoms with Crippen LogP contribution >= 0.6 is 0 Å². The van der Waals surface area contributed by atoms with Crippen LogP contribution in [0.5, 0.6) is 17.2 Å². The fraction of sp³-hybridized carbons (Fsp3) is 0.278. The molecule has 2 rings (SSSR count). The molecule has 5 nitrogen and oxygen atoms in total. The summed E-state index contributed by atoms with van der Waals surface area (Å²) in [6.07, 6.45) is -0.0801. The van der Waals surface area contributed by atoms with Crippen LogP contribution in [0, 0.1) is 0 Å². The van der Waals surface area contributed by atoms with Gasteiger partial charge in [-0.1, -0.05) is 6.92 Å². The smallest absolute Gasteiger partial charge is 0.207 e. The van der Waals surface area contributed by atoms with E-state index in [1.807, 2.05) is 6.92 Å². The first-order chi connectivity index (χ1) is 11.1. The molecule has 5 heteroatoms. The Balaban J connectivity index is 2.27. The van der Waals surface area contributed by atoms with Crippen molar-refractivity contribution in [2.24, 2.45) is 0 Å². The minimum atomic E-state index is -0.611. The molecule has 2 aromatic rings. The highest BCUT2D eigenvalue weighted by molar-refractivity contribution is 6.02. The predicted molar refractivity (Wildman–Crippen MR) is 89.4 cm³/mol. The molecule has 2 N–H and O–H groups in total. The Bertz CT molecular complexity index is 667. The summed E-state index contributed by atoms with van der Waals surface area (Å²) in [5.41, 5.74) is 6.74. The first-order valence-electron chi connectivity index (χ1n) is 7.37. The molecule has 0 aliphatic heterocycles. The summed E-state index contributed by atoms with van der Waals surface area (Å²) in [6, 6.07) is 12.1. The van der Waals surface area contributed by atoms with E-state index < -0.39 is 6.10 Å². The molecule has 0 aromatic heterocycles. The third-order valence-electron chi connectivity index (χ3n) is 3.49. The lowest BCUT2D eigenvalue weighted by atomic mass is 10.0. The van der Waals surface area contributed by atoms with Crippen LogP contribution in [0.25, 0.3) is 0 Å². The Morgan fingerprint density at radius 3 is 2.26 bits per heavy atom. The first kappa shape index (κ1) is 16.7. The summed E-state index contributed by atoms with van der Waals surface area (Å²) in [4.78, 5) is 12.8. The maximum atomic E-state index is 12.8. The van der Waals surface area contributed by atoms with E-state index in [0.29, 0.717) is 34.9 Å². The Kier molecular flexibility index (Phi) is 5.46. The van der Waals surface area contributed by atoms with E-state index in [2.05, 4.69) is 0 Å². The monoisotopic (exact) mass is 315 g/mol. The number of anilines is 1. The quantitative estimate of drug-likeness (QED) is 0.627. The lowest BCUT2D eigenvalue weighted by Crippen LogP contribution is -2.27. The van der Waals surface area contributed by atoms with Crippen molar-refractivity contribution >= 4 is 11.5 Å². The van der Waals surface area contributed by atoms with E-state index in [1.54, 1.807) is 49.6 Å². The molecule has 0 fully saturated rings. The van der Waals surface area contributed by atoms with Gasteiger partial charge in [0.2, 0.25) is 5.78 Å². The highest BCUT2D eigenvalue weighted by atomic mass is 16.5. The summed E-state index contributed by atoms with van der Waals surface area (Å²) in [7, 11) is 3.08. The van der Waals surface area contributed by atoms with Gasteiger partial charge in [-0.15, -0.1) is 0 Å². The van der Waals surface area contributed by atoms with Gasteiger partial charge in [0, 0.05) is 5.69 Å². The molecule has 1 atom stereocenters. The van der Waals surface area contributed by atoms with Crippen LogP contribution in [0.1, 0.15) is 23.7 Å². The number of hydrogen-bond donors (Lipinski definition) is 1. The number of hydrogen-bond acceptors (Lipinski definition) is 5. The summed E-state index contributed by atoms with van der Waals surface area (Å²) in [5.74, 6) is 1.54. The molecule has 0 radical (unpaired) electrons. The van der Waals surface area contributed by atoms with Crippen LogP contribution in [-0.4, -0.2) is 26.1 Å². The topological polar surface area (TPSA) is 70.8 Å². The molecule has 0 saturated heterocycles. The maximum Gasteiger partial charge on any atom is 0.207 e. The maximum absolute atomic E-state index is 12.8. The van der Waals surface area contributed by atoms with Crippen molar-refractivity contribution in [3.8, 4) is 17.2 Å². The van der Waals surface area contributed by atoms with E-state index in [0.717, 1.165) is 0 Å². The van der Waals surface area contributed by atoms with Crippen LogP contribution in [-0.2, 0) is 0 Å². The van der Waals surface area contributed by atoms with Crippen LogP contribution in [0.15, 0.2) is 42.5 Å². The van der Waals surface area contributed by atoms with Crippen LogP contribution in [0.4, 0.5) is 5.69 Å². The third kappa shape index (κ3) is 3.94. The largest absolute Gasteiger partial charge is 0.497 e. The number of carbonyl (C=O) groups is 1. The highest BCUT2D eigenvalue weighted by Gasteiger charge is 2.24. The van der Waals surface area contributed by atoms with Gasteiger partial charge in [0.05, 0.1) is 19.8 Å². The molecule has 0 aliphatic rings. The summed E-state index contributed by atoms with van der Waals surface area (Å²) in [6.45, 7) is 1.90. The first-order valence-corrected chi connectivity index (χ1v) is 7.37. The van der Waals surface area contributed by atoms with Crippen LogP contribution < -0.4 is 19.9 Å². The summed E-state index contributed by atoms with van der Waals surface area (Å²) < 4.78 is 16.3. The zero-order valence-electron chi connectivity index (χ0n) is 13.5. The lowest BCUT2D eigenvalue weighted by Gasteiger charge is -2.18. The van der Waals surface area contributed by atoms with Crippen molar-refractivity contribution in [3.63, 3.8) is 0 Å². The number of rotatable bonds is 7. The number of ether oxygens (including phenoxy) is 3. The van der Waals surface area contributed by atoms with Crippen LogP contribution in [0.2, 0.25) is 0 Å². The average molecular weight is 315 g/mol. The lowest BCUT2D eigenvalue weighted by molar-refractivity contribution is 0.0783. The van der Waals surface area contributed by atoms with Gasteiger partial charge in [0.25, 0.3) is 0 Å². The molecule has 23 heavy (non-hydrogen) atoms. The van der Waals surface area contributed by atoms with Gasteiger partial charge in [0.1, 0.15) is 17.2 Å². The van der Waals surface area contributed by atoms with E-state index in [1.165, 1.54) is 7.11 Å². The predicted octanol–water partition coefficient (Wildman–Crippen LogP) is 3.33. The molecule has 0 aliphatic carbocycles. The van der Waals surface area contributed by atoms with E-state index >= 15 is 0 Å². The van der Waals surface area contributed by atoms with Crippen molar-refractivity contribution in [2.45, 2.75) is 19.4 Å². The minimum absolute atomic E-state index is 0.153. The summed E-state index contributed by atoms with van der Waals surface area (Å²) in [5, 5.41) is 0. The second-order valence-corrected chi connectivity index (χ2v) is 5.01. The van der Waals surface area contributed by atoms with Gasteiger partial charge < -0.3 is 19.9 Å². The number of benzene rings is 2. The number of methoxy groups -OCH3 is 2. The van der Waals surface area contributed by atoms with Crippen molar-refractivity contribution < 1.29 is 19.0 Å². The number of carbonyl (C=O) groups excluding carboxylic acids is 1. The van der Waals surface area contributed by atoms with E-state index in [9.17, 15) is 4.79 Å². The number of Topliss-reactive ketones (excluding diaryl/α,β-unsaturated/α-hetero) is 1. The molecule has 2 aromatic carbocycles. The molecule has 0 amide bonds. The molecule has 0 bridgehead atoms. The standard InChI is InChI=1S/C18H21NO4/c1-4-16(23-13-7-5-12(19)6-8-13)18(20)15-11-14(21-2)9-10-17(15)22-3/h5-11,16H,4,19H2,1-3H3. The molecule has 0 heterocycles. The van der Waals surface area contributed by atoms with Gasteiger partial charge in [-0.05, 0) is 48.9 Å². The Morgan fingerprint density at radius 2 is 1.70 bits per heavy atom. The van der Waals surface area contributed by atoms with Crippen molar-refractivity contribution in [2.75, 3.05) is 20.0 Å². The van der Waals surface area contributed by atoms with Gasteiger partial charge in [-0.25, -0.2) is 0 Å². The molecule has 1 unspecified atom stereocenters. The molecule has 122 valence electrons. The van der Waals surface area contributed by atoms with Gasteiger partial charge in [0.15, 0.2) is 6.10 Å².